The summed E-state index contributed by atoms with van der Waals surface area (Å²) in [5.41, 5.74) is 1.69. The van der Waals surface area contributed by atoms with Crippen molar-refractivity contribution < 1.29 is 14.4 Å². The van der Waals surface area contributed by atoms with Crippen molar-refractivity contribution in [3.8, 4) is 0 Å². The number of nitrogens with one attached hydrogen (secondary N) is 4. The summed E-state index contributed by atoms with van der Waals surface area (Å²) in [5.74, 6) is -0.584. The third kappa shape index (κ3) is 7.48. The Morgan fingerprint density at radius 1 is 0.912 bits per heavy atom. The van der Waals surface area contributed by atoms with E-state index in [2.05, 4.69) is 21.3 Å². The van der Waals surface area contributed by atoms with E-state index in [0.29, 0.717) is 27.6 Å². The Labute approximate surface area is 206 Å². The van der Waals surface area contributed by atoms with Gasteiger partial charge in [-0.3, -0.25) is 14.4 Å². The van der Waals surface area contributed by atoms with Gasteiger partial charge in [0.05, 0.1) is 17.1 Å². The van der Waals surface area contributed by atoms with Crippen LogP contribution in [0, 0.1) is 5.41 Å². The first kappa shape index (κ1) is 25.6. The first-order valence-corrected chi connectivity index (χ1v) is 12.1. The summed E-state index contributed by atoms with van der Waals surface area (Å²) in [7, 11) is 0. The van der Waals surface area contributed by atoms with Crippen LogP contribution in [-0.2, 0) is 9.59 Å². The topological polar surface area (TPSA) is 99.3 Å². The zero-order valence-electron chi connectivity index (χ0n) is 20.0. The summed E-state index contributed by atoms with van der Waals surface area (Å²) in [6.45, 7) is 5.55. The van der Waals surface area contributed by atoms with Crippen molar-refractivity contribution in [3.63, 3.8) is 0 Å². The molecule has 0 aromatic heterocycles. The molecule has 7 nitrogen and oxygen atoms in total. The highest BCUT2D eigenvalue weighted by Crippen LogP contribution is 2.23. The van der Waals surface area contributed by atoms with Crippen molar-refractivity contribution >= 4 is 46.4 Å². The fourth-order valence-electron chi connectivity index (χ4n) is 3.70. The second-order valence-corrected chi connectivity index (χ2v) is 10.1. The summed E-state index contributed by atoms with van der Waals surface area (Å²) >= 11 is 6.25. The van der Waals surface area contributed by atoms with E-state index in [0.717, 1.165) is 25.7 Å². The molecule has 3 rings (SSSR count). The van der Waals surface area contributed by atoms with E-state index < -0.39 is 5.41 Å². The number of halogens is 1. The highest BCUT2D eigenvalue weighted by molar-refractivity contribution is 6.34. The number of rotatable bonds is 7. The Balaban J connectivity index is 1.56. The van der Waals surface area contributed by atoms with Crippen LogP contribution < -0.4 is 21.3 Å². The lowest BCUT2D eigenvalue weighted by molar-refractivity contribution is -0.123. The van der Waals surface area contributed by atoms with E-state index in [-0.39, 0.29) is 30.3 Å². The van der Waals surface area contributed by atoms with Crippen molar-refractivity contribution in [2.75, 3.05) is 22.5 Å². The van der Waals surface area contributed by atoms with E-state index in [9.17, 15) is 14.4 Å². The van der Waals surface area contributed by atoms with Gasteiger partial charge in [0, 0.05) is 28.5 Å². The number of anilines is 3. The lowest BCUT2D eigenvalue weighted by atomic mass is 9.95. The fourth-order valence-corrected chi connectivity index (χ4v) is 3.90. The van der Waals surface area contributed by atoms with Crippen LogP contribution in [0.1, 0.15) is 63.2 Å². The van der Waals surface area contributed by atoms with Gasteiger partial charge in [-0.2, -0.15) is 0 Å². The lowest BCUT2D eigenvalue weighted by Crippen LogP contribution is -2.36. The maximum absolute atomic E-state index is 12.7. The molecule has 0 heterocycles. The molecule has 3 amide bonds. The van der Waals surface area contributed by atoms with Gasteiger partial charge < -0.3 is 21.3 Å². The van der Waals surface area contributed by atoms with Crippen LogP contribution in [0.3, 0.4) is 0 Å². The van der Waals surface area contributed by atoms with Crippen molar-refractivity contribution in [2.24, 2.45) is 5.41 Å². The fraction of sp³-hybridized carbons (Fsp3) is 0.423. The molecule has 1 aliphatic rings. The van der Waals surface area contributed by atoms with Crippen molar-refractivity contribution in [2.45, 2.75) is 58.9 Å². The van der Waals surface area contributed by atoms with Crippen LogP contribution in [0.4, 0.5) is 17.1 Å². The number of carbonyl (C=O) groups excluding carboxylic acids is 3. The minimum Gasteiger partial charge on any atom is -0.376 e. The van der Waals surface area contributed by atoms with Gasteiger partial charge in [-0.15, -0.1) is 0 Å². The molecule has 0 atom stereocenters. The summed E-state index contributed by atoms with van der Waals surface area (Å²) < 4.78 is 0. The second-order valence-electron chi connectivity index (χ2n) is 9.69. The zero-order chi connectivity index (χ0) is 24.7. The largest absolute Gasteiger partial charge is 0.376 e. The third-order valence-corrected chi connectivity index (χ3v) is 6.02. The smallest absolute Gasteiger partial charge is 0.253 e. The molecule has 2 aromatic carbocycles. The molecule has 0 aliphatic heterocycles. The third-order valence-electron chi connectivity index (χ3n) is 5.69. The molecule has 182 valence electrons. The zero-order valence-corrected chi connectivity index (χ0v) is 20.7. The number of hydrogen-bond donors (Lipinski definition) is 4. The lowest BCUT2D eigenvalue weighted by Gasteiger charge is -2.23. The number of carbonyl (C=O) groups is 3. The van der Waals surface area contributed by atoms with E-state index in [4.69, 9.17) is 11.6 Å². The van der Waals surface area contributed by atoms with Gasteiger partial charge in [-0.25, -0.2) is 0 Å². The van der Waals surface area contributed by atoms with E-state index in [1.54, 1.807) is 36.4 Å². The number of hydrogen-bond acceptors (Lipinski definition) is 4. The van der Waals surface area contributed by atoms with Gasteiger partial charge in [0.1, 0.15) is 0 Å². The summed E-state index contributed by atoms with van der Waals surface area (Å²) in [6, 6.07) is 12.2. The Hall–Kier alpha value is -3.06. The average Bonchev–Trinajstić information content (AvgIpc) is 2.79. The predicted molar refractivity (Wildman–Crippen MR) is 137 cm³/mol. The number of benzene rings is 2. The highest BCUT2D eigenvalue weighted by atomic mass is 35.5. The molecule has 1 saturated carbocycles. The minimum atomic E-state index is -0.506. The Kier molecular flexibility index (Phi) is 8.56. The molecule has 0 spiro atoms. The van der Waals surface area contributed by atoms with E-state index in [1.807, 2.05) is 26.8 Å². The first-order chi connectivity index (χ1) is 16.1. The quantitative estimate of drug-likeness (QED) is 0.420. The molecule has 0 radical (unpaired) electrons. The minimum absolute atomic E-state index is 0.0168. The van der Waals surface area contributed by atoms with Crippen LogP contribution in [0.2, 0.25) is 5.02 Å². The van der Waals surface area contributed by atoms with E-state index >= 15 is 0 Å². The Morgan fingerprint density at radius 3 is 2.29 bits per heavy atom. The summed E-state index contributed by atoms with van der Waals surface area (Å²) in [4.78, 5) is 37.4. The van der Waals surface area contributed by atoms with Gasteiger partial charge in [0.2, 0.25) is 11.8 Å². The van der Waals surface area contributed by atoms with Crippen molar-refractivity contribution in [3.05, 3.63) is 53.1 Å². The average molecular weight is 485 g/mol. The number of amides is 3. The van der Waals surface area contributed by atoms with Crippen molar-refractivity contribution in [1.82, 2.24) is 5.32 Å². The molecule has 1 aliphatic carbocycles. The molecular weight excluding hydrogens is 452 g/mol. The van der Waals surface area contributed by atoms with Crippen LogP contribution >= 0.6 is 11.6 Å². The maximum Gasteiger partial charge on any atom is 0.253 e. The molecule has 4 N–H and O–H groups in total. The Morgan fingerprint density at radius 2 is 1.59 bits per heavy atom. The van der Waals surface area contributed by atoms with Crippen LogP contribution in [0.15, 0.2) is 42.5 Å². The van der Waals surface area contributed by atoms with Gasteiger partial charge >= 0.3 is 0 Å². The normalized spacial score (nSPS) is 14.2. The monoisotopic (exact) mass is 484 g/mol. The summed E-state index contributed by atoms with van der Waals surface area (Å²) in [6.07, 6.45) is 5.40. The predicted octanol–water partition coefficient (Wildman–Crippen LogP) is 5.44. The molecule has 0 bridgehead atoms. The second kappa shape index (κ2) is 11.4. The summed E-state index contributed by atoms with van der Waals surface area (Å²) in [5, 5.41) is 12.1. The van der Waals surface area contributed by atoms with E-state index in [1.165, 1.54) is 6.42 Å². The molecule has 0 unspecified atom stereocenters. The molecule has 1 fully saturated rings. The van der Waals surface area contributed by atoms with Gasteiger partial charge in [0.15, 0.2) is 0 Å². The van der Waals surface area contributed by atoms with Gasteiger partial charge in [-0.1, -0.05) is 57.7 Å². The van der Waals surface area contributed by atoms with Crippen LogP contribution in [0.5, 0.6) is 0 Å². The van der Waals surface area contributed by atoms with Crippen LogP contribution in [-0.4, -0.2) is 30.3 Å². The highest BCUT2D eigenvalue weighted by Gasteiger charge is 2.21. The van der Waals surface area contributed by atoms with Crippen molar-refractivity contribution in [1.29, 1.82) is 0 Å². The SMILES string of the molecule is CC(C)(C)C(=O)Nc1cccc(NCC(=O)Nc2ccc(Cl)c(C(=O)NC3CCCCC3)c2)c1. The van der Waals surface area contributed by atoms with Crippen LogP contribution in [0.25, 0.3) is 0 Å². The molecule has 2 aromatic rings. The first-order valence-electron chi connectivity index (χ1n) is 11.7. The molecule has 0 saturated heterocycles. The molecule has 8 heteroatoms. The van der Waals surface area contributed by atoms with Gasteiger partial charge in [-0.05, 0) is 49.2 Å². The molecule has 34 heavy (non-hydrogen) atoms. The standard InChI is InChI=1S/C26H33ClN4O3/c1-26(2,3)25(34)31-19-11-7-10-18(14-19)28-16-23(32)29-20-12-13-22(27)21(15-20)24(33)30-17-8-5-4-6-9-17/h7,10-15,17,28H,4-6,8-9,16H2,1-3H3,(H,29,32)(H,30,33)(H,31,34). The molecular formula is C26H33ClN4O3. The Bertz CT molecular complexity index is 1040. The maximum atomic E-state index is 12.7. The van der Waals surface area contributed by atoms with Gasteiger partial charge in [0.25, 0.3) is 5.91 Å².